The van der Waals surface area contributed by atoms with Crippen molar-refractivity contribution in [3.63, 3.8) is 0 Å². The predicted molar refractivity (Wildman–Crippen MR) is 59.4 cm³/mol. The monoisotopic (exact) mass is 200 g/mol. The van der Waals surface area contributed by atoms with Gasteiger partial charge in [-0.1, -0.05) is 13.8 Å². The fraction of sp³-hybridized carbons (Fsp3) is 1.00. The van der Waals surface area contributed by atoms with Crippen LogP contribution >= 0.6 is 0 Å². The van der Waals surface area contributed by atoms with Crippen LogP contribution in [0.4, 0.5) is 0 Å². The molecule has 1 aliphatic rings. The highest BCUT2D eigenvalue weighted by molar-refractivity contribution is 4.87. The average molecular weight is 200 g/mol. The normalized spacial score (nSPS) is 19.3. The molecular weight excluding hydrogens is 176 g/mol. The Balaban J connectivity index is 2.33. The summed E-state index contributed by atoms with van der Waals surface area (Å²) in [6, 6.07) is 1.02. The summed E-state index contributed by atoms with van der Waals surface area (Å²) in [6.07, 6.45) is 2.68. The maximum absolute atomic E-state index is 9.12. The molecule has 1 saturated carbocycles. The van der Waals surface area contributed by atoms with Crippen LogP contribution in [0.2, 0.25) is 0 Å². The van der Waals surface area contributed by atoms with Crippen LogP contribution in [0.15, 0.2) is 0 Å². The highest BCUT2D eigenvalue weighted by atomic mass is 16.3. The van der Waals surface area contributed by atoms with Crippen LogP contribution in [0.5, 0.6) is 0 Å². The van der Waals surface area contributed by atoms with Crippen molar-refractivity contribution < 1.29 is 5.11 Å². The molecule has 0 bridgehead atoms. The molecule has 1 aliphatic carbocycles. The molecule has 0 amide bonds. The highest BCUT2D eigenvalue weighted by Gasteiger charge is 2.30. The van der Waals surface area contributed by atoms with Crippen molar-refractivity contribution in [2.45, 2.75) is 38.8 Å². The van der Waals surface area contributed by atoms with Gasteiger partial charge < -0.3 is 10.4 Å². The first kappa shape index (κ1) is 12.0. The van der Waals surface area contributed by atoms with E-state index in [-0.39, 0.29) is 12.6 Å². The van der Waals surface area contributed by atoms with Crippen molar-refractivity contribution in [2.24, 2.45) is 5.92 Å². The Morgan fingerprint density at radius 2 is 2.00 bits per heavy atom. The minimum Gasteiger partial charge on any atom is -0.395 e. The molecule has 0 saturated heterocycles. The quantitative estimate of drug-likeness (QED) is 0.634. The molecule has 1 atom stereocenters. The first-order valence-electron chi connectivity index (χ1n) is 5.69. The van der Waals surface area contributed by atoms with Crippen molar-refractivity contribution in [3.05, 3.63) is 0 Å². The molecule has 0 aromatic rings. The van der Waals surface area contributed by atoms with Gasteiger partial charge in [0.1, 0.15) is 0 Å². The maximum Gasteiger partial charge on any atom is 0.0597 e. The van der Waals surface area contributed by atoms with E-state index < -0.39 is 0 Å². The summed E-state index contributed by atoms with van der Waals surface area (Å²) in [7, 11) is 1.92. The van der Waals surface area contributed by atoms with Crippen molar-refractivity contribution in [3.8, 4) is 0 Å². The molecule has 1 fully saturated rings. The third kappa shape index (κ3) is 3.95. The average Bonchev–Trinajstić information content (AvgIpc) is 2.94. The van der Waals surface area contributed by atoms with E-state index in [1.807, 2.05) is 7.05 Å². The van der Waals surface area contributed by atoms with E-state index in [0.29, 0.717) is 5.92 Å². The van der Waals surface area contributed by atoms with E-state index in [9.17, 15) is 0 Å². The molecule has 0 aromatic heterocycles. The summed E-state index contributed by atoms with van der Waals surface area (Å²) in [4.78, 5) is 2.52. The van der Waals surface area contributed by atoms with Gasteiger partial charge in [0.05, 0.1) is 6.61 Å². The summed E-state index contributed by atoms with van der Waals surface area (Å²) in [5.41, 5.74) is 0. The molecular formula is C11H24N2O. The molecule has 14 heavy (non-hydrogen) atoms. The minimum atomic E-state index is 0.231. The first-order chi connectivity index (χ1) is 6.67. The molecule has 84 valence electrons. The lowest BCUT2D eigenvalue weighted by Crippen LogP contribution is -2.44. The van der Waals surface area contributed by atoms with Crippen LogP contribution in [0, 0.1) is 5.92 Å². The molecule has 1 rings (SSSR count). The number of likely N-dealkylation sites (N-methyl/N-ethyl adjacent to an activating group) is 1. The summed E-state index contributed by atoms with van der Waals surface area (Å²) >= 11 is 0. The Labute approximate surface area is 87.5 Å². The summed E-state index contributed by atoms with van der Waals surface area (Å²) in [5.74, 6) is 0.715. The van der Waals surface area contributed by atoms with Gasteiger partial charge in [0, 0.05) is 25.2 Å². The number of aliphatic hydroxyl groups excluding tert-OH is 1. The second kappa shape index (κ2) is 5.69. The second-order valence-electron chi connectivity index (χ2n) is 4.75. The Bertz CT molecular complexity index is 153. The van der Waals surface area contributed by atoms with Gasteiger partial charge in [-0.15, -0.1) is 0 Å². The molecule has 0 spiro atoms. The zero-order valence-corrected chi connectivity index (χ0v) is 9.66. The van der Waals surface area contributed by atoms with E-state index in [2.05, 4.69) is 24.1 Å². The van der Waals surface area contributed by atoms with Crippen LogP contribution in [0.25, 0.3) is 0 Å². The molecule has 2 N–H and O–H groups in total. The lowest BCUT2D eigenvalue weighted by Gasteiger charge is -2.27. The molecule has 1 unspecified atom stereocenters. The van der Waals surface area contributed by atoms with Crippen LogP contribution < -0.4 is 5.32 Å². The second-order valence-corrected chi connectivity index (χ2v) is 4.75. The molecule has 3 heteroatoms. The largest absolute Gasteiger partial charge is 0.395 e. The third-order valence-corrected chi connectivity index (χ3v) is 2.75. The zero-order valence-electron chi connectivity index (χ0n) is 9.66. The van der Waals surface area contributed by atoms with Crippen molar-refractivity contribution >= 4 is 0 Å². The third-order valence-electron chi connectivity index (χ3n) is 2.75. The Morgan fingerprint density at radius 1 is 1.36 bits per heavy atom. The van der Waals surface area contributed by atoms with E-state index in [1.54, 1.807) is 0 Å². The van der Waals surface area contributed by atoms with Gasteiger partial charge in [0.15, 0.2) is 0 Å². The fourth-order valence-corrected chi connectivity index (χ4v) is 1.80. The number of aliphatic hydroxyl groups is 1. The van der Waals surface area contributed by atoms with Crippen LogP contribution in [-0.2, 0) is 0 Å². The lowest BCUT2D eigenvalue weighted by atomic mass is 10.2. The number of hydrogen-bond donors (Lipinski definition) is 2. The molecule has 0 aromatic carbocycles. The summed E-state index contributed by atoms with van der Waals surface area (Å²) in [5, 5.41) is 12.3. The molecule has 0 radical (unpaired) electrons. The van der Waals surface area contributed by atoms with Gasteiger partial charge in [0.2, 0.25) is 0 Å². The van der Waals surface area contributed by atoms with Crippen molar-refractivity contribution in [1.82, 2.24) is 10.2 Å². The standard InChI is InChI=1S/C11H24N2O/c1-9(2)6-13(11-4-5-11)7-10(8-14)12-3/h9-12,14H,4-8H2,1-3H3. The molecule has 0 aliphatic heterocycles. The zero-order chi connectivity index (χ0) is 10.6. The van der Waals surface area contributed by atoms with E-state index in [1.165, 1.54) is 12.8 Å². The smallest absolute Gasteiger partial charge is 0.0597 e. The Morgan fingerprint density at radius 3 is 2.36 bits per heavy atom. The van der Waals surface area contributed by atoms with Crippen molar-refractivity contribution in [2.75, 3.05) is 26.7 Å². The lowest BCUT2D eigenvalue weighted by molar-refractivity contribution is 0.168. The number of hydrogen-bond acceptors (Lipinski definition) is 3. The highest BCUT2D eigenvalue weighted by Crippen LogP contribution is 2.27. The van der Waals surface area contributed by atoms with E-state index in [4.69, 9.17) is 5.11 Å². The predicted octanol–water partition coefficient (Wildman–Crippen LogP) is 0.687. The van der Waals surface area contributed by atoms with Gasteiger partial charge in [-0.3, -0.25) is 4.90 Å². The van der Waals surface area contributed by atoms with Crippen LogP contribution in [0.3, 0.4) is 0 Å². The summed E-state index contributed by atoms with van der Waals surface area (Å²) < 4.78 is 0. The van der Waals surface area contributed by atoms with Crippen LogP contribution in [0.1, 0.15) is 26.7 Å². The van der Waals surface area contributed by atoms with E-state index >= 15 is 0 Å². The van der Waals surface area contributed by atoms with Crippen molar-refractivity contribution in [1.29, 1.82) is 0 Å². The minimum absolute atomic E-state index is 0.231. The topological polar surface area (TPSA) is 35.5 Å². The first-order valence-corrected chi connectivity index (χ1v) is 5.69. The summed E-state index contributed by atoms with van der Waals surface area (Å²) in [6.45, 7) is 6.88. The molecule has 3 nitrogen and oxygen atoms in total. The Kier molecular flexibility index (Phi) is 4.85. The maximum atomic E-state index is 9.12. The number of nitrogens with one attached hydrogen (secondary N) is 1. The number of rotatable bonds is 7. The van der Waals surface area contributed by atoms with Gasteiger partial charge in [-0.25, -0.2) is 0 Å². The van der Waals surface area contributed by atoms with Gasteiger partial charge in [-0.2, -0.15) is 0 Å². The Hall–Kier alpha value is -0.120. The molecule has 0 heterocycles. The van der Waals surface area contributed by atoms with E-state index in [0.717, 1.165) is 19.1 Å². The number of nitrogens with zero attached hydrogens (tertiary/aromatic N) is 1. The fourth-order valence-electron chi connectivity index (χ4n) is 1.80. The van der Waals surface area contributed by atoms with Gasteiger partial charge in [0.25, 0.3) is 0 Å². The van der Waals surface area contributed by atoms with Gasteiger partial charge in [-0.05, 0) is 25.8 Å². The van der Waals surface area contributed by atoms with Crippen LogP contribution in [-0.4, -0.2) is 48.8 Å². The van der Waals surface area contributed by atoms with Gasteiger partial charge >= 0.3 is 0 Å². The SMILES string of the molecule is CNC(CO)CN(CC(C)C)C1CC1.